The number of hydrogen-bond donors (Lipinski definition) is 1. The molecule has 1 saturated carbocycles. The number of nitrogens with zero attached hydrogens (tertiary/aromatic N) is 1. The third-order valence-electron chi connectivity index (χ3n) is 5.81. The highest BCUT2D eigenvalue weighted by Gasteiger charge is 2.53. The number of alkyl carbamates (subject to hydrolysis) is 1. The molecular formula is C26H34N2O4. The van der Waals surface area contributed by atoms with Crippen LogP contribution in [0.5, 0.6) is 0 Å². The van der Waals surface area contributed by atoms with Gasteiger partial charge in [0.2, 0.25) is 0 Å². The van der Waals surface area contributed by atoms with Crippen molar-refractivity contribution in [3.8, 4) is 0 Å². The quantitative estimate of drug-likeness (QED) is 0.613. The predicted molar refractivity (Wildman–Crippen MR) is 124 cm³/mol. The summed E-state index contributed by atoms with van der Waals surface area (Å²) in [6, 6.07) is 20.9. The first kappa shape index (κ1) is 23.8. The fourth-order valence-electron chi connectivity index (χ4n) is 4.21. The minimum Gasteiger partial charge on any atom is -0.469 e. The van der Waals surface area contributed by atoms with Gasteiger partial charge >= 0.3 is 12.1 Å². The molecule has 2 aromatic carbocycles. The van der Waals surface area contributed by atoms with Crippen LogP contribution >= 0.6 is 0 Å². The van der Waals surface area contributed by atoms with E-state index < -0.39 is 17.1 Å². The molecule has 1 fully saturated rings. The predicted octanol–water partition coefficient (Wildman–Crippen LogP) is 4.54. The zero-order valence-electron chi connectivity index (χ0n) is 19.5. The average molecular weight is 439 g/mol. The summed E-state index contributed by atoms with van der Waals surface area (Å²) in [6.07, 6.45) is 0.722. The highest BCUT2D eigenvalue weighted by atomic mass is 16.6. The highest BCUT2D eigenvalue weighted by molar-refractivity contribution is 5.79. The van der Waals surface area contributed by atoms with Crippen molar-refractivity contribution in [1.29, 1.82) is 0 Å². The molecule has 1 amide bonds. The Hall–Kier alpha value is -2.86. The number of benzene rings is 2. The summed E-state index contributed by atoms with van der Waals surface area (Å²) in [5, 5.41) is 2.78. The number of amides is 1. The van der Waals surface area contributed by atoms with E-state index in [1.807, 2.05) is 57.2 Å². The van der Waals surface area contributed by atoms with Crippen LogP contribution in [0.3, 0.4) is 0 Å². The lowest BCUT2D eigenvalue weighted by molar-refractivity contribution is -0.163. The van der Waals surface area contributed by atoms with Crippen LogP contribution in [-0.4, -0.2) is 42.3 Å². The number of nitrogens with one attached hydrogen (secondary N) is 1. The first-order chi connectivity index (χ1) is 15.2. The van der Waals surface area contributed by atoms with Gasteiger partial charge in [0, 0.05) is 25.7 Å². The van der Waals surface area contributed by atoms with Crippen LogP contribution in [0.4, 0.5) is 4.79 Å². The lowest BCUT2D eigenvalue weighted by atomic mass is 9.64. The van der Waals surface area contributed by atoms with Gasteiger partial charge in [-0.25, -0.2) is 4.79 Å². The van der Waals surface area contributed by atoms with E-state index in [1.165, 1.54) is 18.2 Å². The molecule has 0 atom stereocenters. The second-order valence-corrected chi connectivity index (χ2v) is 9.57. The molecule has 3 rings (SSSR count). The average Bonchev–Trinajstić information content (AvgIpc) is 2.72. The molecule has 1 N–H and O–H groups in total. The number of carbonyl (C=O) groups is 2. The Kier molecular flexibility index (Phi) is 7.56. The van der Waals surface area contributed by atoms with Gasteiger partial charge in [-0.3, -0.25) is 9.69 Å². The number of hydrogen-bond acceptors (Lipinski definition) is 5. The Morgan fingerprint density at radius 3 is 1.91 bits per heavy atom. The van der Waals surface area contributed by atoms with E-state index in [1.54, 1.807) is 0 Å². The standard InChI is InChI=1S/C26H34N2O4/c1-25(2,3)32-24(30)27-19-26(23(29)31-4)15-22(16-26)28(17-20-11-7-5-8-12-20)18-21-13-9-6-10-14-21/h5-14,22H,15-19H2,1-4H3,(H,27,30). The summed E-state index contributed by atoms with van der Waals surface area (Å²) in [5.41, 5.74) is 1.13. The van der Waals surface area contributed by atoms with Crippen molar-refractivity contribution in [3.05, 3.63) is 71.8 Å². The summed E-state index contributed by atoms with van der Waals surface area (Å²) in [6.45, 7) is 7.22. The first-order valence-electron chi connectivity index (χ1n) is 11.1. The molecule has 0 radical (unpaired) electrons. The molecule has 32 heavy (non-hydrogen) atoms. The highest BCUT2D eigenvalue weighted by Crippen LogP contribution is 2.45. The van der Waals surface area contributed by atoms with Gasteiger partial charge in [0.1, 0.15) is 5.60 Å². The van der Waals surface area contributed by atoms with Crippen molar-refractivity contribution in [1.82, 2.24) is 10.2 Å². The summed E-state index contributed by atoms with van der Waals surface area (Å²) in [4.78, 5) is 27.2. The van der Waals surface area contributed by atoms with Gasteiger partial charge < -0.3 is 14.8 Å². The van der Waals surface area contributed by atoms with Gasteiger partial charge in [-0.2, -0.15) is 0 Å². The van der Waals surface area contributed by atoms with Gasteiger partial charge in [0.25, 0.3) is 0 Å². The smallest absolute Gasteiger partial charge is 0.407 e. The van der Waals surface area contributed by atoms with Crippen LogP contribution < -0.4 is 5.32 Å². The molecule has 172 valence electrons. The minimum atomic E-state index is -0.734. The SMILES string of the molecule is COC(=O)C1(CNC(=O)OC(C)(C)C)CC(N(Cc2ccccc2)Cc2ccccc2)C1. The summed E-state index contributed by atoms with van der Waals surface area (Å²) >= 11 is 0. The van der Waals surface area contributed by atoms with Crippen LogP contribution in [0.15, 0.2) is 60.7 Å². The fourth-order valence-corrected chi connectivity index (χ4v) is 4.21. The van der Waals surface area contributed by atoms with Gasteiger partial charge in [0.05, 0.1) is 12.5 Å². The number of esters is 1. The van der Waals surface area contributed by atoms with Crippen LogP contribution in [-0.2, 0) is 27.4 Å². The minimum absolute atomic E-state index is 0.204. The number of rotatable bonds is 8. The zero-order valence-corrected chi connectivity index (χ0v) is 19.5. The Bertz CT molecular complexity index is 846. The normalized spacial score (nSPS) is 20.3. The monoisotopic (exact) mass is 438 g/mol. The molecule has 1 aliphatic carbocycles. The Labute approximate surface area is 190 Å². The van der Waals surface area contributed by atoms with Crippen molar-refractivity contribution in [3.63, 3.8) is 0 Å². The van der Waals surface area contributed by atoms with Crippen LogP contribution in [0.2, 0.25) is 0 Å². The lowest BCUT2D eigenvalue weighted by Crippen LogP contribution is -2.59. The van der Waals surface area contributed by atoms with Gasteiger partial charge in [-0.1, -0.05) is 60.7 Å². The van der Waals surface area contributed by atoms with Crippen LogP contribution in [0.25, 0.3) is 0 Å². The molecular weight excluding hydrogens is 404 g/mol. The molecule has 0 bridgehead atoms. The molecule has 0 aliphatic heterocycles. The summed E-state index contributed by atoms with van der Waals surface area (Å²) in [7, 11) is 1.40. The van der Waals surface area contributed by atoms with E-state index in [9.17, 15) is 9.59 Å². The maximum atomic E-state index is 12.7. The van der Waals surface area contributed by atoms with E-state index in [4.69, 9.17) is 9.47 Å². The molecule has 0 unspecified atom stereocenters. The van der Waals surface area contributed by atoms with Crippen molar-refractivity contribution in [2.75, 3.05) is 13.7 Å². The topological polar surface area (TPSA) is 67.9 Å². The summed E-state index contributed by atoms with van der Waals surface area (Å²) in [5.74, 6) is -0.288. The maximum Gasteiger partial charge on any atom is 0.407 e. The Balaban J connectivity index is 1.70. The molecule has 2 aromatic rings. The van der Waals surface area contributed by atoms with Crippen LogP contribution in [0, 0.1) is 5.41 Å². The fraction of sp³-hybridized carbons (Fsp3) is 0.462. The van der Waals surface area contributed by atoms with Crippen molar-refractivity contribution >= 4 is 12.1 Å². The van der Waals surface area contributed by atoms with Crippen molar-refractivity contribution in [2.24, 2.45) is 5.41 Å². The van der Waals surface area contributed by atoms with E-state index >= 15 is 0 Å². The van der Waals surface area contributed by atoms with Crippen molar-refractivity contribution < 1.29 is 19.1 Å². The zero-order chi connectivity index (χ0) is 23.2. The van der Waals surface area contributed by atoms with Gasteiger partial charge in [0.15, 0.2) is 0 Å². The molecule has 0 saturated heterocycles. The third kappa shape index (κ3) is 6.33. The third-order valence-corrected chi connectivity index (χ3v) is 5.81. The number of carbonyl (C=O) groups excluding carboxylic acids is 2. The van der Waals surface area contributed by atoms with E-state index in [2.05, 4.69) is 34.5 Å². The Morgan fingerprint density at radius 2 is 1.47 bits per heavy atom. The molecule has 0 spiro atoms. The largest absolute Gasteiger partial charge is 0.469 e. The van der Waals surface area contributed by atoms with E-state index in [0.717, 1.165) is 13.1 Å². The molecule has 0 heterocycles. The number of ether oxygens (including phenoxy) is 2. The van der Waals surface area contributed by atoms with E-state index in [0.29, 0.717) is 12.8 Å². The first-order valence-corrected chi connectivity index (χ1v) is 11.1. The van der Waals surface area contributed by atoms with Crippen molar-refractivity contribution in [2.45, 2.75) is 58.3 Å². The van der Waals surface area contributed by atoms with E-state index in [-0.39, 0.29) is 18.6 Å². The molecule has 1 aliphatic rings. The number of methoxy groups -OCH3 is 1. The molecule has 6 heteroatoms. The second kappa shape index (κ2) is 10.2. The lowest BCUT2D eigenvalue weighted by Gasteiger charge is -2.50. The van der Waals surface area contributed by atoms with Crippen LogP contribution in [0.1, 0.15) is 44.7 Å². The second-order valence-electron chi connectivity index (χ2n) is 9.57. The molecule has 0 aromatic heterocycles. The van der Waals surface area contributed by atoms with Gasteiger partial charge in [-0.15, -0.1) is 0 Å². The van der Waals surface area contributed by atoms with Gasteiger partial charge in [-0.05, 0) is 44.7 Å². The summed E-state index contributed by atoms with van der Waals surface area (Å²) < 4.78 is 10.4. The molecule has 6 nitrogen and oxygen atoms in total. The maximum absolute atomic E-state index is 12.7. The Morgan fingerprint density at radius 1 is 0.969 bits per heavy atom.